The van der Waals surface area contributed by atoms with Gasteiger partial charge in [-0.25, -0.2) is 0 Å². The van der Waals surface area contributed by atoms with E-state index in [0.29, 0.717) is 12.2 Å². The zero-order valence-electron chi connectivity index (χ0n) is 5.76. The van der Waals surface area contributed by atoms with Gasteiger partial charge in [0.1, 0.15) is 5.78 Å². The highest BCUT2D eigenvalue weighted by atomic mass is 16.1. The van der Waals surface area contributed by atoms with Crippen LogP contribution in [-0.2, 0) is 4.79 Å². The maximum absolute atomic E-state index is 10.9. The van der Waals surface area contributed by atoms with Crippen LogP contribution in [-0.4, -0.2) is 11.8 Å². The number of hydrogen-bond donors (Lipinski definition) is 1. The van der Waals surface area contributed by atoms with Crippen molar-refractivity contribution in [1.82, 2.24) is 0 Å². The SMILES string of the molecule is CC1CC(N)CCC1=O. The summed E-state index contributed by atoms with van der Waals surface area (Å²) in [5.74, 6) is 0.602. The Bertz CT molecular complexity index is 122. The minimum absolute atomic E-state index is 0.216. The zero-order chi connectivity index (χ0) is 6.85. The predicted molar refractivity (Wildman–Crippen MR) is 36.0 cm³/mol. The van der Waals surface area contributed by atoms with Crippen molar-refractivity contribution in [3.05, 3.63) is 0 Å². The van der Waals surface area contributed by atoms with Crippen LogP contribution >= 0.6 is 0 Å². The van der Waals surface area contributed by atoms with Crippen molar-refractivity contribution >= 4 is 5.78 Å². The van der Waals surface area contributed by atoms with Crippen molar-refractivity contribution in [2.45, 2.75) is 32.2 Å². The number of hydrogen-bond acceptors (Lipinski definition) is 2. The van der Waals surface area contributed by atoms with Gasteiger partial charge in [-0.05, 0) is 12.8 Å². The summed E-state index contributed by atoms with van der Waals surface area (Å²) < 4.78 is 0. The molecule has 0 spiro atoms. The molecular formula is C7H13NO. The summed E-state index contributed by atoms with van der Waals surface area (Å²) in [5, 5.41) is 0. The van der Waals surface area contributed by atoms with Gasteiger partial charge in [0.25, 0.3) is 0 Å². The number of ketones is 1. The molecule has 0 saturated heterocycles. The molecular weight excluding hydrogens is 114 g/mol. The molecule has 0 heterocycles. The first-order valence-electron chi connectivity index (χ1n) is 3.48. The molecule has 52 valence electrons. The van der Waals surface area contributed by atoms with E-state index in [1.165, 1.54) is 0 Å². The van der Waals surface area contributed by atoms with Crippen LogP contribution < -0.4 is 5.73 Å². The Hall–Kier alpha value is -0.370. The predicted octanol–water partition coefficient (Wildman–Crippen LogP) is 0.703. The standard InChI is InChI=1S/C7H13NO/c1-5-4-6(8)2-3-7(5)9/h5-6H,2-4,8H2,1H3. The third kappa shape index (κ3) is 1.52. The lowest BCUT2D eigenvalue weighted by molar-refractivity contribution is -0.124. The first-order valence-corrected chi connectivity index (χ1v) is 3.48. The van der Waals surface area contributed by atoms with Crippen LogP contribution in [0.25, 0.3) is 0 Å². The lowest BCUT2D eigenvalue weighted by Crippen LogP contribution is -2.31. The van der Waals surface area contributed by atoms with Crippen molar-refractivity contribution in [3.8, 4) is 0 Å². The van der Waals surface area contributed by atoms with Crippen LogP contribution in [0, 0.1) is 5.92 Å². The molecule has 1 aliphatic rings. The fraction of sp³-hybridized carbons (Fsp3) is 0.857. The number of rotatable bonds is 0. The summed E-state index contributed by atoms with van der Waals surface area (Å²) in [5.41, 5.74) is 5.64. The molecule has 2 nitrogen and oxygen atoms in total. The average molecular weight is 127 g/mol. The normalized spacial score (nSPS) is 36.9. The first-order chi connectivity index (χ1) is 4.20. The van der Waals surface area contributed by atoms with E-state index in [0.717, 1.165) is 12.8 Å². The lowest BCUT2D eigenvalue weighted by Gasteiger charge is -2.21. The highest BCUT2D eigenvalue weighted by Crippen LogP contribution is 2.18. The highest BCUT2D eigenvalue weighted by Gasteiger charge is 2.22. The quantitative estimate of drug-likeness (QED) is 0.520. The third-order valence-electron chi connectivity index (χ3n) is 1.97. The van der Waals surface area contributed by atoms with E-state index in [4.69, 9.17) is 5.73 Å². The van der Waals surface area contributed by atoms with Gasteiger partial charge in [0.2, 0.25) is 0 Å². The van der Waals surface area contributed by atoms with Crippen molar-refractivity contribution < 1.29 is 4.79 Å². The Morgan fingerprint density at radius 1 is 1.67 bits per heavy atom. The molecule has 0 aromatic rings. The van der Waals surface area contributed by atoms with Gasteiger partial charge in [-0.2, -0.15) is 0 Å². The summed E-state index contributed by atoms with van der Waals surface area (Å²) in [4.78, 5) is 10.9. The largest absolute Gasteiger partial charge is 0.328 e. The molecule has 1 rings (SSSR count). The van der Waals surface area contributed by atoms with E-state index in [2.05, 4.69) is 0 Å². The average Bonchev–Trinajstić information content (AvgIpc) is 1.80. The maximum atomic E-state index is 10.9. The smallest absolute Gasteiger partial charge is 0.135 e. The highest BCUT2D eigenvalue weighted by molar-refractivity contribution is 5.81. The third-order valence-corrected chi connectivity index (χ3v) is 1.97. The molecule has 1 aliphatic carbocycles. The van der Waals surface area contributed by atoms with E-state index >= 15 is 0 Å². The molecule has 1 fully saturated rings. The Kier molecular flexibility index (Phi) is 1.86. The molecule has 9 heavy (non-hydrogen) atoms. The Balaban J connectivity index is 2.44. The van der Waals surface area contributed by atoms with Crippen molar-refractivity contribution in [3.63, 3.8) is 0 Å². The van der Waals surface area contributed by atoms with E-state index in [-0.39, 0.29) is 12.0 Å². The number of carbonyl (C=O) groups excluding carboxylic acids is 1. The van der Waals surface area contributed by atoms with Gasteiger partial charge in [-0.15, -0.1) is 0 Å². The van der Waals surface area contributed by atoms with Crippen molar-refractivity contribution in [2.24, 2.45) is 11.7 Å². The second kappa shape index (κ2) is 2.48. The van der Waals surface area contributed by atoms with Gasteiger partial charge in [0.05, 0.1) is 0 Å². The number of carbonyl (C=O) groups is 1. The van der Waals surface area contributed by atoms with Gasteiger partial charge in [0, 0.05) is 18.4 Å². The molecule has 2 unspecified atom stereocenters. The van der Waals surface area contributed by atoms with Gasteiger partial charge in [-0.1, -0.05) is 6.92 Å². The Morgan fingerprint density at radius 3 is 2.78 bits per heavy atom. The molecule has 0 amide bonds. The van der Waals surface area contributed by atoms with Gasteiger partial charge < -0.3 is 5.73 Å². The lowest BCUT2D eigenvalue weighted by atomic mass is 9.86. The zero-order valence-corrected chi connectivity index (χ0v) is 5.76. The fourth-order valence-corrected chi connectivity index (χ4v) is 1.28. The monoisotopic (exact) mass is 127 g/mol. The number of nitrogens with two attached hydrogens (primary N) is 1. The second-order valence-electron chi connectivity index (χ2n) is 2.90. The second-order valence-corrected chi connectivity index (χ2v) is 2.90. The van der Waals surface area contributed by atoms with Gasteiger partial charge in [0.15, 0.2) is 0 Å². The van der Waals surface area contributed by atoms with Crippen LogP contribution in [0.1, 0.15) is 26.2 Å². The van der Waals surface area contributed by atoms with E-state index in [1.807, 2.05) is 6.92 Å². The summed E-state index contributed by atoms with van der Waals surface area (Å²) in [6.45, 7) is 1.96. The minimum Gasteiger partial charge on any atom is -0.328 e. The molecule has 2 heteroatoms. The topological polar surface area (TPSA) is 43.1 Å². The molecule has 2 atom stereocenters. The first kappa shape index (κ1) is 6.75. The molecule has 0 aliphatic heterocycles. The van der Waals surface area contributed by atoms with Crippen LogP contribution in [0.5, 0.6) is 0 Å². The van der Waals surface area contributed by atoms with Gasteiger partial charge >= 0.3 is 0 Å². The maximum Gasteiger partial charge on any atom is 0.135 e. The molecule has 2 N–H and O–H groups in total. The van der Waals surface area contributed by atoms with E-state index in [9.17, 15) is 4.79 Å². The van der Waals surface area contributed by atoms with Crippen LogP contribution in [0.2, 0.25) is 0 Å². The fourth-order valence-electron chi connectivity index (χ4n) is 1.28. The molecule has 0 radical (unpaired) electrons. The van der Waals surface area contributed by atoms with E-state index in [1.54, 1.807) is 0 Å². The molecule has 0 aromatic carbocycles. The van der Waals surface area contributed by atoms with Crippen molar-refractivity contribution in [1.29, 1.82) is 0 Å². The molecule has 0 bridgehead atoms. The summed E-state index contributed by atoms with van der Waals surface area (Å²) in [7, 11) is 0. The van der Waals surface area contributed by atoms with Gasteiger partial charge in [-0.3, -0.25) is 4.79 Å². The van der Waals surface area contributed by atoms with Crippen LogP contribution in [0.4, 0.5) is 0 Å². The summed E-state index contributed by atoms with van der Waals surface area (Å²) in [6, 6.07) is 0.276. The minimum atomic E-state index is 0.216. The summed E-state index contributed by atoms with van der Waals surface area (Å²) >= 11 is 0. The van der Waals surface area contributed by atoms with E-state index < -0.39 is 0 Å². The summed E-state index contributed by atoms with van der Waals surface area (Å²) in [6.07, 6.45) is 2.48. The molecule has 1 saturated carbocycles. The Morgan fingerprint density at radius 2 is 2.33 bits per heavy atom. The number of Topliss-reactive ketones (excluding diaryl/α,β-unsaturated/α-hetero) is 1. The van der Waals surface area contributed by atoms with Crippen molar-refractivity contribution in [2.75, 3.05) is 0 Å². The van der Waals surface area contributed by atoms with Crippen LogP contribution in [0.3, 0.4) is 0 Å². The molecule has 0 aromatic heterocycles. The Labute approximate surface area is 55.4 Å². The van der Waals surface area contributed by atoms with Crippen LogP contribution in [0.15, 0.2) is 0 Å².